The lowest BCUT2D eigenvalue weighted by atomic mass is 10.1. The highest BCUT2D eigenvalue weighted by Crippen LogP contribution is 2.27. The van der Waals surface area contributed by atoms with Gasteiger partial charge in [0.2, 0.25) is 0 Å². The summed E-state index contributed by atoms with van der Waals surface area (Å²) in [6.07, 6.45) is 3.78. The third kappa shape index (κ3) is 2.42. The monoisotopic (exact) mass is 263 g/mol. The molecule has 2 rings (SSSR count). The summed E-state index contributed by atoms with van der Waals surface area (Å²) in [5.41, 5.74) is 6.97. The van der Waals surface area contributed by atoms with E-state index >= 15 is 0 Å². The molecule has 0 radical (unpaired) electrons. The smallest absolute Gasteiger partial charge is 0.111 e. The molecule has 1 aromatic carbocycles. The van der Waals surface area contributed by atoms with E-state index in [1.54, 1.807) is 0 Å². The number of nitrogens with two attached hydrogens (primary N) is 1. The molecule has 0 amide bonds. The molecule has 0 bridgehead atoms. The van der Waals surface area contributed by atoms with Crippen molar-refractivity contribution in [3.8, 4) is 0 Å². The zero-order valence-electron chi connectivity index (χ0n) is 10.7. The number of nitrogens with zero attached hydrogens (tertiary/aromatic N) is 2. The van der Waals surface area contributed by atoms with Gasteiger partial charge in [0.15, 0.2) is 0 Å². The molecule has 0 fully saturated rings. The van der Waals surface area contributed by atoms with E-state index in [4.69, 9.17) is 17.3 Å². The predicted octanol–water partition coefficient (Wildman–Crippen LogP) is 3.21. The van der Waals surface area contributed by atoms with Gasteiger partial charge in [0.1, 0.15) is 5.82 Å². The molecular formula is C14H18ClN3. The van der Waals surface area contributed by atoms with Crippen molar-refractivity contribution in [2.45, 2.75) is 25.8 Å². The lowest BCUT2D eigenvalue weighted by Gasteiger charge is -2.22. The number of hydrogen-bond donors (Lipinski definition) is 1. The first kappa shape index (κ1) is 13.1. The summed E-state index contributed by atoms with van der Waals surface area (Å²) in [7, 11) is 0. The topological polar surface area (TPSA) is 43.8 Å². The molecule has 4 heteroatoms. The van der Waals surface area contributed by atoms with Crippen molar-refractivity contribution in [2.75, 3.05) is 6.54 Å². The lowest BCUT2D eigenvalue weighted by Crippen LogP contribution is -2.22. The second-order valence-corrected chi connectivity index (χ2v) is 5.03. The van der Waals surface area contributed by atoms with Gasteiger partial charge in [-0.05, 0) is 11.6 Å². The molecule has 1 aromatic heterocycles. The van der Waals surface area contributed by atoms with Gasteiger partial charge in [0.05, 0.1) is 6.04 Å². The van der Waals surface area contributed by atoms with Gasteiger partial charge in [-0.2, -0.15) is 0 Å². The van der Waals surface area contributed by atoms with Gasteiger partial charge in [0, 0.05) is 29.9 Å². The van der Waals surface area contributed by atoms with Crippen LogP contribution in [0.1, 0.15) is 37.2 Å². The Morgan fingerprint density at radius 2 is 2.06 bits per heavy atom. The van der Waals surface area contributed by atoms with Gasteiger partial charge in [0.25, 0.3) is 0 Å². The van der Waals surface area contributed by atoms with Crippen molar-refractivity contribution in [1.82, 2.24) is 9.55 Å². The summed E-state index contributed by atoms with van der Waals surface area (Å²) in [5, 5.41) is 0.747. The second kappa shape index (κ2) is 5.55. The first-order valence-electron chi connectivity index (χ1n) is 6.12. The fourth-order valence-corrected chi connectivity index (χ4v) is 2.43. The minimum Gasteiger partial charge on any atom is -0.328 e. The lowest BCUT2D eigenvalue weighted by molar-refractivity contribution is 0.548. The summed E-state index contributed by atoms with van der Waals surface area (Å²) >= 11 is 6.26. The number of hydrogen-bond acceptors (Lipinski definition) is 2. The Morgan fingerprint density at radius 3 is 2.67 bits per heavy atom. The SMILES string of the molecule is CC(C)c1nccn1C(CN)c1ccccc1Cl. The van der Waals surface area contributed by atoms with E-state index in [1.807, 2.05) is 36.7 Å². The largest absolute Gasteiger partial charge is 0.328 e. The Hall–Kier alpha value is -1.32. The number of aromatic nitrogens is 2. The van der Waals surface area contributed by atoms with E-state index < -0.39 is 0 Å². The molecule has 0 saturated heterocycles. The standard InChI is InChI=1S/C14H18ClN3/c1-10(2)14-17-7-8-18(14)13(9-16)11-5-3-4-6-12(11)15/h3-8,10,13H,9,16H2,1-2H3. The normalized spacial score (nSPS) is 12.9. The summed E-state index contributed by atoms with van der Waals surface area (Å²) < 4.78 is 2.12. The van der Waals surface area contributed by atoms with Crippen LogP contribution in [-0.2, 0) is 0 Å². The molecule has 0 aliphatic heterocycles. The van der Waals surface area contributed by atoms with E-state index in [2.05, 4.69) is 23.4 Å². The van der Waals surface area contributed by atoms with Crippen molar-refractivity contribution in [3.05, 3.63) is 53.1 Å². The molecule has 0 saturated carbocycles. The third-order valence-electron chi connectivity index (χ3n) is 3.04. The van der Waals surface area contributed by atoms with Crippen LogP contribution in [0.15, 0.2) is 36.7 Å². The van der Waals surface area contributed by atoms with Crippen LogP contribution < -0.4 is 5.73 Å². The Labute approximate surface area is 113 Å². The maximum atomic E-state index is 6.26. The summed E-state index contributed by atoms with van der Waals surface area (Å²) in [5.74, 6) is 1.39. The molecule has 1 unspecified atom stereocenters. The highest BCUT2D eigenvalue weighted by Gasteiger charge is 2.18. The van der Waals surface area contributed by atoms with Crippen LogP contribution in [-0.4, -0.2) is 16.1 Å². The molecule has 2 N–H and O–H groups in total. The maximum absolute atomic E-state index is 6.26. The van der Waals surface area contributed by atoms with E-state index in [1.165, 1.54) is 0 Å². The number of benzene rings is 1. The zero-order valence-corrected chi connectivity index (χ0v) is 11.4. The van der Waals surface area contributed by atoms with Crippen LogP contribution in [0, 0.1) is 0 Å². The predicted molar refractivity (Wildman–Crippen MR) is 75.0 cm³/mol. The maximum Gasteiger partial charge on any atom is 0.111 e. The van der Waals surface area contributed by atoms with E-state index in [-0.39, 0.29) is 6.04 Å². The number of halogens is 1. The Bertz CT molecular complexity index is 519. The molecule has 1 atom stereocenters. The number of imidazole rings is 1. The second-order valence-electron chi connectivity index (χ2n) is 4.62. The van der Waals surface area contributed by atoms with Crippen molar-refractivity contribution in [3.63, 3.8) is 0 Å². The first-order chi connectivity index (χ1) is 8.65. The molecule has 96 valence electrons. The van der Waals surface area contributed by atoms with E-state index in [0.29, 0.717) is 12.5 Å². The van der Waals surface area contributed by atoms with Crippen LogP contribution in [0.3, 0.4) is 0 Å². The van der Waals surface area contributed by atoms with Crippen molar-refractivity contribution < 1.29 is 0 Å². The van der Waals surface area contributed by atoms with Crippen molar-refractivity contribution >= 4 is 11.6 Å². The van der Waals surface area contributed by atoms with Crippen molar-refractivity contribution in [2.24, 2.45) is 5.73 Å². The van der Waals surface area contributed by atoms with E-state index in [9.17, 15) is 0 Å². The summed E-state index contributed by atoms with van der Waals surface area (Å²) in [4.78, 5) is 4.40. The first-order valence-corrected chi connectivity index (χ1v) is 6.50. The molecule has 0 aliphatic rings. The highest BCUT2D eigenvalue weighted by atomic mass is 35.5. The summed E-state index contributed by atoms with van der Waals surface area (Å²) in [6.45, 7) is 4.75. The minimum absolute atomic E-state index is 0.0404. The Balaban J connectivity index is 2.46. The molecule has 1 heterocycles. The third-order valence-corrected chi connectivity index (χ3v) is 3.38. The molecule has 0 spiro atoms. The van der Waals surface area contributed by atoms with Crippen LogP contribution in [0.25, 0.3) is 0 Å². The van der Waals surface area contributed by atoms with Crippen LogP contribution in [0.5, 0.6) is 0 Å². The van der Waals surface area contributed by atoms with E-state index in [0.717, 1.165) is 16.4 Å². The van der Waals surface area contributed by atoms with Gasteiger partial charge < -0.3 is 10.3 Å². The average molecular weight is 264 g/mol. The molecule has 18 heavy (non-hydrogen) atoms. The fraction of sp³-hybridized carbons (Fsp3) is 0.357. The summed E-state index contributed by atoms with van der Waals surface area (Å²) in [6, 6.07) is 7.86. The minimum atomic E-state index is 0.0404. The quantitative estimate of drug-likeness (QED) is 0.921. The molecule has 3 nitrogen and oxygen atoms in total. The highest BCUT2D eigenvalue weighted by molar-refractivity contribution is 6.31. The van der Waals surface area contributed by atoms with Crippen LogP contribution in [0.2, 0.25) is 5.02 Å². The molecule has 2 aromatic rings. The Morgan fingerprint density at radius 1 is 1.33 bits per heavy atom. The number of rotatable bonds is 4. The van der Waals surface area contributed by atoms with Gasteiger partial charge in [-0.1, -0.05) is 43.6 Å². The fourth-order valence-electron chi connectivity index (χ4n) is 2.17. The molecule has 0 aliphatic carbocycles. The van der Waals surface area contributed by atoms with Crippen LogP contribution >= 0.6 is 11.6 Å². The molecular weight excluding hydrogens is 246 g/mol. The van der Waals surface area contributed by atoms with Crippen molar-refractivity contribution in [1.29, 1.82) is 0 Å². The Kier molecular flexibility index (Phi) is 4.04. The van der Waals surface area contributed by atoms with Crippen LogP contribution in [0.4, 0.5) is 0 Å². The van der Waals surface area contributed by atoms with Gasteiger partial charge in [-0.15, -0.1) is 0 Å². The zero-order chi connectivity index (χ0) is 13.1. The average Bonchev–Trinajstić information content (AvgIpc) is 2.82. The van der Waals surface area contributed by atoms with Gasteiger partial charge >= 0.3 is 0 Å². The van der Waals surface area contributed by atoms with Gasteiger partial charge in [-0.3, -0.25) is 0 Å². The van der Waals surface area contributed by atoms with Gasteiger partial charge in [-0.25, -0.2) is 4.98 Å².